The number of nitrogens with zero attached hydrogens (tertiary/aromatic N) is 1. The second-order valence-electron chi connectivity index (χ2n) is 8.43. The molecule has 3 aliphatic rings. The van der Waals surface area contributed by atoms with E-state index in [1.807, 2.05) is 54.6 Å². The predicted octanol–water partition coefficient (Wildman–Crippen LogP) is 3.12. The highest BCUT2D eigenvalue weighted by Crippen LogP contribution is 2.41. The Morgan fingerprint density at radius 3 is 2.29 bits per heavy atom. The maximum absolute atomic E-state index is 12.9. The fourth-order valence-electron chi connectivity index (χ4n) is 4.81. The van der Waals surface area contributed by atoms with Crippen LogP contribution in [0.4, 0.5) is 4.79 Å². The number of fused-ring (bicyclic) bond motifs is 2. The Balaban J connectivity index is 1.28. The average Bonchev–Trinajstić information content (AvgIpc) is 3.33. The van der Waals surface area contributed by atoms with Gasteiger partial charge in [-0.15, -0.1) is 0 Å². The number of rotatable bonds is 4. The summed E-state index contributed by atoms with van der Waals surface area (Å²) in [4.78, 5) is 14.6. The van der Waals surface area contributed by atoms with Gasteiger partial charge < -0.3 is 24.1 Å². The Bertz CT molecular complexity index is 882. The van der Waals surface area contributed by atoms with Crippen LogP contribution < -0.4 is 0 Å². The molecule has 3 heterocycles. The van der Waals surface area contributed by atoms with Gasteiger partial charge in [0.2, 0.25) is 0 Å². The molecule has 164 valence electrons. The lowest BCUT2D eigenvalue weighted by Gasteiger charge is -2.51. The van der Waals surface area contributed by atoms with Crippen molar-refractivity contribution in [2.75, 3.05) is 26.4 Å². The third-order valence-corrected chi connectivity index (χ3v) is 6.31. The maximum atomic E-state index is 12.9. The molecule has 1 N–H and O–H groups in total. The average molecular weight is 425 g/mol. The Hall–Kier alpha value is -2.45. The quantitative estimate of drug-likeness (QED) is 0.811. The van der Waals surface area contributed by atoms with Crippen LogP contribution in [0.25, 0.3) is 0 Å². The van der Waals surface area contributed by atoms with Crippen molar-refractivity contribution in [3.05, 3.63) is 71.3 Å². The highest BCUT2D eigenvalue weighted by Gasteiger charge is 2.49. The molecule has 0 aliphatic carbocycles. The zero-order valence-corrected chi connectivity index (χ0v) is 17.3. The summed E-state index contributed by atoms with van der Waals surface area (Å²) in [5.41, 5.74) is 1.70. The van der Waals surface area contributed by atoms with Gasteiger partial charge in [0.25, 0.3) is 0 Å². The van der Waals surface area contributed by atoms with E-state index in [2.05, 4.69) is 0 Å². The van der Waals surface area contributed by atoms with Crippen molar-refractivity contribution in [2.45, 2.75) is 43.4 Å². The van der Waals surface area contributed by atoms with Crippen LogP contribution in [0.15, 0.2) is 54.6 Å². The van der Waals surface area contributed by atoms with Gasteiger partial charge in [0.1, 0.15) is 6.61 Å². The molecule has 0 saturated carbocycles. The van der Waals surface area contributed by atoms with Crippen molar-refractivity contribution in [1.29, 1.82) is 0 Å². The summed E-state index contributed by atoms with van der Waals surface area (Å²) in [5, 5.41) is 11.5. The van der Waals surface area contributed by atoms with E-state index < -0.39 is 5.60 Å². The van der Waals surface area contributed by atoms with Gasteiger partial charge in [-0.25, -0.2) is 4.79 Å². The van der Waals surface area contributed by atoms with Crippen molar-refractivity contribution in [3.63, 3.8) is 0 Å². The Kier molecular flexibility index (Phi) is 5.67. The van der Waals surface area contributed by atoms with Crippen LogP contribution in [0.2, 0.25) is 0 Å². The Morgan fingerprint density at radius 2 is 1.65 bits per heavy atom. The summed E-state index contributed by atoms with van der Waals surface area (Å²) < 4.78 is 22.4. The molecule has 7 nitrogen and oxygen atoms in total. The number of aliphatic hydroxyl groups is 1. The molecule has 7 heteroatoms. The normalized spacial score (nSPS) is 28.5. The smallest absolute Gasteiger partial charge is 0.410 e. The van der Waals surface area contributed by atoms with E-state index in [9.17, 15) is 9.90 Å². The Morgan fingerprint density at radius 1 is 1.00 bits per heavy atom. The summed E-state index contributed by atoms with van der Waals surface area (Å²) in [6.45, 7) is 2.20. The molecule has 2 unspecified atom stereocenters. The van der Waals surface area contributed by atoms with E-state index in [1.54, 1.807) is 4.90 Å². The summed E-state index contributed by atoms with van der Waals surface area (Å²) in [5.74, 6) is 0. The first kappa shape index (κ1) is 20.5. The van der Waals surface area contributed by atoms with E-state index in [4.69, 9.17) is 18.9 Å². The molecule has 1 amide bonds. The molecule has 0 spiro atoms. The third-order valence-electron chi connectivity index (χ3n) is 6.31. The molecular formula is C24H27NO6. The first-order valence-corrected chi connectivity index (χ1v) is 10.8. The van der Waals surface area contributed by atoms with Gasteiger partial charge in [0, 0.05) is 18.4 Å². The summed E-state index contributed by atoms with van der Waals surface area (Å²) in [6, 6.07) is 16.9. The highest BCUT2D eigenvalue weighted by atomic mass is 16.7. The van der Waals surface area contributed by atoms with E-state index in [0.29, 0.717) is 39.3 Å². The molecule has 2 atom stereocenters. The van der Waals surface area contributed by atoms with E-state index in [1.165, 1.54) is 0 Å². The number of carbonyl (C=O) groups excluding carboxylic acids is 1. The van der Waals surface area contributed by atoms with Crippen LogP contribution in [-0.2, 0) is 31.2 Å². The summed E-state index contributed by atoms with van der Waals surface area (Å²) >= 11 is 0. The van der Waals surface area contributed by atoms with Crippen molar-refractivity contribution in [3.8, 4) is 0 Å². The molecule has 2 aromatic rings. The summed E-state index contributed by atoms with van der Waals surface area (Å²) in [6.07, 6.45) is 0.118. The zero-order valence-electron chi connectivity index (χ0n) is 17.3. The second kappa shape index (κ2) is 8.59. The lowest BCUT2D eigenvalue weighted by atomic mass is 9.77. The first-order valence-electron chi connectivity index (χ1n) is 10.8. The van der Waals surface area contributed by atoms with Gasteiger partial charge in [-0.2, -0.15) is 0 Å². The minimum absolute atomic E-state index is 0.230. The van der Waals surface area contributed by atoms with Crippen molar-refractivity contribution in [1.82, 2.24) is 4.90 Å². The van der Waals surface area contributed by atoms with Gasteiger partial charge >= 0.3 is 6.09 Å². The number of hydrogen-bond donors (Lipinski definition) is 1. The molecule has 3 saturated heterocycles. The molecule has 0 aromatic heterocycles. The molecule has 2 aromatic carbocycles. The van der Waals surface area contributed by atoms with Crippen LogP contribution >= 0.6 is 0 Å². The van der Waals surface area contributed by atoms with Crippen LogP contribution in [0, 0.1) is 0 Å². The second-order valence-corrected chi connectivity index (χ2v) is 8.43. The van der Waals surface area contributed by atoms with Gasteiger partial charge in [0.05, 0.1) is 44.1 Å². The lowest BCUT2D eigenvalue weighted by molar-refractivity contribution is -0.137. The van der Waals surface area contributed by atoms with Gasteiger partial charge in [0.15, 0.2) is 6.29 Å². The SMILES string of the molecule is O=C(OCc1ccccc1)N1C2COCC1CC(O)(c1ccc(C3OCCO3)cc1)C2. The van der Waals surface area contributed by atoms with E-state index >= 15 is 0 Å². The molecule has 0 radical (unpaired) electrons. The minimum Gasteiger partial charge on any atom is -0.445 e. The van der Waals surface area contributed by atoms with E-state index in [0.717, 1.165) is 16.7 Å². The predicted molar refractivity (Wildman–Crippen MR) is 111 cm³/mol. The maximum Gasteiger partial charge on any atom is 0.410 e. The standard InChI is InChI=1S/C24H27NO6/c26-23(31-14-17-4-2-1-3-5-17)25-20-12-24(27,13-21(25)16-28-15-20)19-8-6-18(7-9-19)22-29-10-11-30-22/h1-9,20-22,27H,10-16H2. The lowest BCUT2D eigenvalue weighted by Crippen LogP contribution is -2.62. The topological polar surface area (TPSA) is 77.5 Å². The number of amides is 1. The molecule has 5 rings (SSSR count). The van der Waals surface area contributed by atoms with Crippen molar-refractivity contribution in [2.24, 2.45) is 0 Å². The van der Waals surface area contributed by atoms with Crippen molar-refractivity contribution >= 4 is 6.09 Å². The van der Waals surface area contributed by atoms with Crippen LogP contribution in [0.5, 0.6) is 0 Å². The van der Waals surface area contributed by atoms with Gasteiger partial charge in [-0.1, -0.05) is 54.6 Å². The molecule has 2 bridgehead atoms. The van der Waals surface area contributed by atoms with Gasteiger partial charge in [-0.3, -0.25) is 4.90 Å². The number of piperidine rings is 1. The number of carbonyl (C=O) groups is 1. The monoisotopic (exact) mass is 425 g/mol. The van der Waals surface area contributed by atoms with E-state index in [-0.39, 0.29) is 31.1 Å². The van der Waals surface area contributed by atoms with Crippen LogP contribution in [0.1, 0.15) is 35.8 Å². The molecule has 3 aliphatic heterocycles. The first-order chi connectivity index (χ1) is 15.1. The van der Waals surface area contributed by atoms with Gasteiger partial charge in [-0.05, 0) is 11.1 Å². The Labute approximate surface area is 181 Å². The number of hydrogen-bond acceptors (Lipinski definition) is 6. The van der Waals surface area contributed by atoms with Crippen LogP contribution in [0.3, 0.4) is 0 Å². The number of ether oxygens (including phenoxy) is 4. The largest absolute Gasteiger partial charge is 0.445 e. The van der Waals surface area contributed by atoms with Crippen molar-refractivity contribution < 1.29 is 28.8 Å². The molecular weight excluding hydrogens is 398 g/mol. The molecule has 3 fully saturated rings. The number of morpholine rings is 1. The van der Waals surface area contributed by atoms with Crippen LogP contribution in [-0.4, -0.2) is 54.6 Å². The summed E-state index contributed by atoms with van der Waals surface area (Å²) in [7, 11) is 0. The highest BCUT2D eigenvalue weighted by molar-refractivity contribution is 5.69. The fraction of sp³-hybridized carbons (Fsp3) is 0.458. The minimum atomic E-state index is -1.02. The third kappa shape index (κ3) is 4.19. The fourth-order valence-corrected chi connectivity index (χ4v) is 4.81. The number of benzene rings is 2. The molecule has 31 heavy (non-hydrogen) atoms. The zero-order chi connectivity index (χ0) is 21.3.